The molecule has 0 aliphatic carbocycles. The Kier molecular flexibility index (Phi) is 7.21. The molecule has 0 aliphatic rings. The zero-order valence-corrected chi connectivity index (χ0v) is 13.8. The first kappa shape index (κ1) is 18.0. The van der Waals surface area contributed by atoms with Crippen LogP contribution in [0.4, 0.5) is 0 Å². The molecule has 118 valence electrons. The molecule has 0 aromatic heterocycles. The maximum absolute atomic E-state index is 12.1. The van der Waals surface area contributed by atoms with Gasteiger partial charge in [-0.3, -0.25) is 4.79 Å². The zero-order valence-electron chi connectivity index (χ0n) is 12.2. The predicted molar refractivity (Wildman–Crippen MR) is 86.2 cm³/mol. The molecule has 0 heterocycles. The molecule has 1 aromatic carbocycles. The molecule has 2 N–H and O–H groups in total. The van der Waals surface area contributed by atoms with Crippen LogP contribution in [0.1, 0.15) is 24.8 Å². The van der Waals surface area contributed by atoms with E-state index >= 15 is 0 Å². The number of sulfonamides is 1. The second-order valence-corrected chi connectivity index (χ2v) is 7.67. The van der Waals surface area contributed by atoms with E-state index in [0.29, 0.717) is 5.75 Å². The van der Waals surface area contributed by atoms with Crippen molar-refractivity contribution in [1.82, 2.24) is 4.72 Å². The van der Waals surface area contributed by atoms with Crippen molar-refractivity contribution in [2.75, 3.05) is 17.8 Å². The number of hydrogen-bond acceptors (Lipinski definition) is 4. The summed E-state index contributed by atoms with van der Waals surface area (Å²) in [5, 5.41) is 9.08. The normalized spacial score (nSPS) is 14.6. The van der Waals surface area contributed by atoms with Crippen LogP contribution < -0.4 is 4.72 Å². The summed E-state index contributed by atoms with van der Waals surface area (Å²) in [6, 6.07) is 8.23. The molecule has 7 heteroatoms. The van der Waals surface area contributed by atoms with Crippen molar-refractivity contribution in [3.63, 3.8) is 0 Å². The van der Waals surface area contributed by atoms with Gasteiger partial charge in [-0.1, -0.05) is 37.3 Å². The van der Waals surface area contributed by atoms with Crippen molar-refractivity contribution in [1.29, 1.82) is 0 Å². The van der Waals surface area contributed by atoms with Crippen LogP contribution >= 0.6 is 11.8 Å². The largest absolute Gasteiger partial charge is 0.480 e. The van der Waals surface area contributed by atoms with E-state index in [-0.39, 0.29) is 18.1 Å². The SMILES string of the molecule is CSCC[C@H](NS(=O)(=O)CC(C)c1ccccc1)C(=O)O. The monoisotopic (exact) mass is 331 g/mol. The second-order valence-electron chi connectivity index (χ2n) is 4.88. The minimum Gasteiger partial charge on any atom is -0.480 e. The summed E-state index contributed by atoms with van der Waals surface area (Å²) in [5.74, 6) is -0.868. The number of benzene rings is 1. The smallest absolute Gasteiger partial charge is 0.321 e. The topological polar surface area (TPSA) is 83.5 Å². The number of thioether (sulfide) groups is 1. The third kappa shape index (κ3) is 6.50. The van der Waals surface area contributed by atoms with E-state index < -0.39 is 22.0 Å². The van der Waals surface area contributed by atoms with E-state index in [4.69, 9.17) is 5.11 Å². The molecule has 1 unspecified atom stereocenters. The van der Waals surface area contributed by atoms with Gasteiger partial charge in [0, 0.05) is 0 Å². The standard InChI is InChI=1S/C14H21NO4S2/c1-11(12-6-4-3-5-7-12)10-21(18,19)15-13(14(16)17)8-9-20-2/h3-7,11,13,15H,8-10H2,1-2H3,(H,16,17)/t11?,13-/m0/s1. The summed E-state index contributed by atoms with van der Waals surface area (Å²) >= 11 is 1.49. The fourth-order valence-electron chi connectivity index (χ4n) is 1.94. The molecule has 0 saturated carbocycles. The van der Waals surface area contributed by atoms with Crippen LogP contribution in [0.2, 0.25) is 0 Å². The number of carbonyl (C=O) groups is 1. The highest BCUT2D eigenvalue weighted by molar-refractivity contribution is 7.98. The summed E-state index contributed by atoms with van der Waals surface area (Å²) in [4.78, 5) is 11.1. The highest BCUT2D eigenvalue weighted by Gasteiger charge is 2.25. The van der Waals surface area contributed by atoms with Gasteiger partial charge >= 0.3 is 5.97 Å². The highest BCUT2D eigenvalue weighted by atomic mass is 32.2. The van der Waals surface area contributed by atoms with Crippen LogP contribution in [0.25, 0.3) is 0 Å². The third-order valence-electron chi connectivity index (χ3n) is 3.07. The number of carboxylic acid groups (broad SMARTS) is 1. The lowest BCUT2D eigenvalue weighted by atomic mass is 10.0. The Morgan fingerprint density at radius 3 is 2.48 bits per heavy atom. The maximum Gasteiger partial charge on any atom is 0.321 e. The summed E-state index contributed by atoms with van der Waals surface area (Å²) in [7, 11) is -3.64. The number of carboxylic acids is 1. The van der Waals surface area contributed by atoms with E-state index in [1.807, 2.05) is 43.5 Å². The van der Waals surface area contributed by atoms with E-state index in [2.05, 4.69) is 4.72 Å². The first-order valence-electron chi connectivity index (χ1n) is 6.62. The molecule has 0 radical (unpaired) electrons. The first-order valence-corrected chi connectivity index (χ1v) is 9.67. The Morgan fingerprint density at radius 2 is 1.95 bits per heavy atom. The van der Waals surface area contributed by atoms with E-state index in [0.717, 1.165) is 5.56 Å². The van der Waals surface area contributed by atoms with Gasteiger partial charge in [-0.15, -0.1) is 0 Å². The van der Waals surface area contributed by atoms with Crippen LogP contribution in [0.15, 0.2) is 30.3 Å². The minimum atomic E-state index is -3.64. The third-order valence-corrected chi connectivity index (χ3v) is 5.30. The van der Waals surface area contributed by atoms with Gasteiger partial charge in [0.25, 0.3) is 0 Å². The summed E-state index contributed by atoms with van der Waals surface area (Å²) < 4.78 is 26.5. The van der Waals surface area contributed by atoms with Gasteiger partial charge in [0.2, 0.25) is 10.0 Å². The van der Waals surface area contributed by atoms with E-state index in [1.165, 1.54) is 11.8 Å². The van der Waals surface area contributed by atoms with Gasteiger partial charge < -0.3 is 5.11 Å². The van der Waals surface area contributed by atoms with Crippen LogP contribution in [0.5, 0.6) is 0 Å². The summed E-state index contributed by atoms with van der Waals surface area (Å²) in [5.41, 5.74) is 0.916. The minimum absolute atomic E-state index is 0.125. The van der Waals surface area contributed by atoms with Gasteiger partial charge in [-0.05, 0) is 29.9 Å². The molecule has 1 rings (SSSR count). The quantitative estimate of drug-likeness (QED) is 0.722. The molecule has 0 amide bonds. The Labute approximate surface area is 130 Å². The predicted octanol–water partition coefficient (Wildman–Crippen LogP) is 1.92. The molecular formula is C14H21NO4S2. The molecular weight excluding hydrogens is 310 g/mol. The molecule has 2 atom stereocenters. The lowest BCUT2D eigenvalue weighted by Crippen LogP contribution is -2.42. The van der Waals surface area contributed by atoms with Crippen molar-refractivity contribution in [3.05, 3.63) is 35.9 Å². The van der Waals surface area contributed by atoms with Gasteiger partial charge in [0.15, 0.2) is 0 Å². The molecule has 0 bridgehead atoms. The average Bonchev–Trinajstić information content (AvgIpc) is 2.43. The van der Waals surface area contributed by atoms with Gasteiger partial charge in [0.05, 0.1) is 5.75 Å². The van der Waals surface area contributed by atoms with Gasteiger partial charge in [0.1, 0.15) is 6.04 Å². The van der Waals surface area contributed by atoms with Crippen LogP contribution in [0, 0.1) is 0 Å². The Hall–Kier alpha value is -1.05. The molecule has 5 nitrogen and oxygen atoms in total. The number of rotatable bonds is 9. The lowest BCUT2D eigenvalue weighted by Gasteiger charge is -2.17. The van der Waals surface area contributed by atoms with E-state index in [1.54, 1.807) is 0 Å². The average molecular weight is 331 g/mol. The van der Waals surface area contributed by atoms with Crippen LogP contribution in [0.3, 0.4) is 0 Å². The van der Waals surface area contributed by atoms with Crippen LogP contribution in [-0.4, -0.2) is 43.3 Å². The van der Waals surface area contributed by atoms with Crippen LogP contribution in [-0.2, 0) is 14.8 Å². The van der Waals surface area contributed by atoms with Gasteiger partial charge in [-0.25, -0.2) is 13.1 Å². The summed E-state index contributed by atoms with van der Waals surface area (Å²) in [6.07, 6.45) is 2.13. The zero-order chi connectivity index (χ0) is 15.9. The van der Waals surface area contributed by atoms with Crippen molar-refractivity contribution < 1.29 is 18.3 Å². The Bertz CT molecular complexity index is 545. The first-order chi connectivity index (χ1) is 9.85. The number of hydrogen-bond donors (Lipinski definition) is 2. The maximum atomic E-state index is 12.1. The molecule has 0 fully saturated rings. The highest BCUT2D eigenvalue weighted by Crippen LogP contribution is 2.16. The van der Waals surface area contributed by atoms with Gasteiger partial charge in [-0.2, -0.15) is 11.8 Å². The fourth-order valence-corrected chi connectivity index (χ4v) is 4.01. The molecule has 0 spiro atoms. The Balaban J connectivity index is 2.69. The lowest BCUT2D eigenvalue weighted by molar-refractivity contribution is -0.139. The molecule has 1 aromatic rings. The Morgan fingerprint density at radius 1 is 1.33 bits per heavy atom. The summed E-state index contributed by atoms with van der Waals surface area (Å²) in [6.45, 7) is 1.81. The van der Waals surface area contributed by atoms with E-state index in [9.17, 15) is 13.2 Å². The second kappa shape index (κ2) is 8.41. The molecule has 21 heavy (non-hydrogen) atoms. The van der Waals surface area contributed by atoms with Crippen molar-refractivity contribution >= 4 is 27.8 Å². The van der Waals surface area contributed by atoms with Crippen molar-refractivity contribution in [2.24, 2.45) is 0 Å². The fraction of sp³-hybridized carbons (Fsp3) is 0.500. The molecule has 0 aliphatic heterocycles. The van der Waals surface area contributed by atoms with Crippen molar-refractivity contribution in [2.45, 2.75) is 25.3 Å². The molecule has 0 saturated heterocycles. The van der Waals surface area contributed by atoms with Crippen molar-refractivity contribution in [3.8, 4) is 0 Å². The number of nitrogens with one attached hydrogen (secondary N) is 1. The number of aliphatic carboxylic acids is 1.